The Labute approximate surface area is 155 Å². The van der Waals surface area contributed by atoms with Crippen LogP contribution in [0.15, 0.2) is 48.5 Å². The van der Waals surface area contributed by atoms with Gasteiger partial charge in [-0.15, -0.1) is 0 Å². The van der Waals surface area contributed by atoms with Gasteiger partial charge in [0.2, 0.25) is 0 Å². The number of nitrogens with one attached hydrogen (secondary N) is 1. The summed E-state index contributed by atoms with van der Waals surface area (Å²) in [4.78, 5) is 34.3. The summed E-state index contributed by atoms with van der Waals surface area (Å²) < 4.78 is 15.3. The first kappa shape index (κ1) is 19.7. The second-order valence-electron chi connectivity index (χ2n) is 5.36. The molecule has 2 aromatic carbocycles. The molecule has 1 atom stereocenters. The number of amides is 1. The van der Waals surface area contributed by atoms with E-state index < -0.39 is 29.5 Å². The first-order chi connectivity index (χ1) is 12.9. The summed E-state index contributed by atoms with van der Waals surface area (Å²) in [6.45, 7) is 0.963. The molecule has 9 heteroatoms. The van der Waals surface area contributed by atoms with E-state index in [1.807, 2.05) is 0 Å². The minimum absolute atomic E-state index is 0.0184. The highest BCUT2D eigenvalue weighted by atomic mass is 16.6. The number of anilines is 1. The van der Waals surface area contributed by atoms with Crippen molar-refractivity contribution in [2.45, 2.75) is 13.0 Å². The van der Waals surface area contributed by atoms with Crippen LogP contribution in [0.5, 0.6) is 11.5 Å². The second kappa shape index (κ2) is 9.18. The number of nitrogens with zero attached hydrogens (tertiary/aromatic N) is 1. The van der Waals surface area contributed by atoms with E-state index >= 15 is 0 Å². The molecule has 9 nitrogen and oxygen atoms in total. The highest BCUT2D eigenvalue weighted by Crippen LogP contribution is 2.23. The standard InChI is InChI=1S/C18H18N2O7/c1-12(18(22)19-15-5-3-4-6-16(15)20(23)24)27-17(21)11-26-14-9-7-13(25-2)8-10-14/h3-10,12H,11H2,1-2H3,(H,19,22)/t12-/m1/s1. The van der Waals surface area contributed by atoms with Gasteiger partial charge in [-0.25, -0.2) is 4.79 Å². The highest BCUT2D eigenvalue weighted by molar-refractivity contribution is 5.96. The lowest BCUT2D eigenvalue weighted by molar-refractivity contribution is -0.383. The van der Waals surface area contributed by atoms with E-state index in [9.17, 15) is 19.7 Å². The molecule has 2 rings (SSSR count). The number of ether oxygens (including phenoxy) is 3. The van der Waals surface area contributed by atoms with Gasteiger partial charge >= 0.3 is 5.97 Å². The van der Waals surface area contributed by atoms with Crippen molar-refractivity contribution in [2.75, 3.05) is 19.0 Å². The third kappa shape index (κ3) is 5.70. The number of hydrogen-bond acceptors (Lipinski definition) is 7. The molecule has 2 aromatic rings. The van der Waals surface area contributed by atoms with E-state index in [4.69, 9.17) is 14.2 Å². The molecule has 0 fully saturated rings. The molecule has 1 N–H and O–H groups in total. The summed E-state index contributed by atoms with van der Waals surface area (Å²) in [5, 5.41) is 13.3. The van der Waals surface area contributed by atoms with E-state index in [-0.39, 0.29) is 11.4 Å². The highest BCUT2D eigenvalue weighted by Gasteiger charge is 2.21. The Balaban J connectivity index is 1.86. The molecule has 0 aliphatic heterocycles. The van der Waals surface area contributed by atoms with Gasteiger partial charge in [-0.05, 0) is 37.3 Å². The fraction of sp³-hybridized carbons (Fsp3) is 0.222. The first-order valence-electron chi connectivity index (χ1n) is 7.91. The van der Waals surface area contributed by atoms with Crippen LogP contribution in [0.2, 0.25) is 0 Å². The van der Waals surface area contributed by atoms with Crippen LogP contribution in [0.4, 0.5) is 11.4 Å². The average Bonchev–Trinajstić information content (AvgIpc) is 2.67. The molecule has 0 radical (unpaired) electrons. The van der Waals surface area contributed by atoms with Gasteiger partial charge in [-0.3, -0.25) is 14.9 Å². The summed E-state index contributed by atoms with van der Waals surface area (Å²) in [5.41, 5.74) is -0.239. The number of carbonyl (C=O) groups excluding carboxylic acids is 2. The van der Waals surface area contributed by atoms with Gasteiger partial charge in [0.05, 0.1) is 12.0 Å². The lowest BCUT2D eigenvalue weighted by Gasteiger charge is -2.14. The van der Waals surface area contributed by atoms with Gasteiger partial charge < -0.3 is 19.5 Å². The lowest BCUT2D eigenvalue weighted by atomic mass is 10.2. The first-order valence-corrected chi connectivity index (χ1v) is 7.91. The van der Waals surface area contributed by atoms with Crippen LogP contribution >= 0.6 is 0 Å². The largest absolute Gasteiger partial charge is 0.497 e. The summed E-state index contributed by atoms with van der Waals surface area (Å²) in [6, 6.07) is 12.3. The molecule has 0 aromatic heterocycles. The van der Waals surface area contributed by atoms with Gasteiger partial charge in [0, 0.05) is 6.07 Å². The Kier molecular flexibility index (Phi) is 6.70. The van der Waals surface area contributed by atoms with Crippen molar-refractivity contribution < 1.29 is 28.7 Å². The maximum absolute atomic E-state index is 12.1. The summed E-state index contributed by atoms with van der Waals surface area (Å²) in [5.74, 6) is -0.367. The number of rotatable bonds is 8. The van der Waals surface area contributed by atoms with Gasteiger partial charge in [-0.1, -0.05) is 12.1 Å². The molecular formula is C18H18N2O7. The third-order valence-electron chi connectivity index (χ3n) is 3.45. The zero-order valence-electron chi connectivity index (χ0n) is 14.7. The molecule has 0 unspecified atom stereocenters. The van der Waals surface area contributed by atoms with Crippen LogP contribution < -0.4 is 14.8 Å². The quantitative estimate of drug-likeness (QED) is 0.429. The summed E-state index contributed by atoms with van der Waals surface area (Å²) in [6.07, 6.45) is -1.16. The van der Waals surface area contributed by atoms with E-state index in [0.717, 1.165) is 0 Å². The number of esters is 1. The monoisotopic (exact) mass is 374 g/mol. The molecule has 27 heavy (non-hydrogen) atoms. The van der Waals surface area contributed by atoms with Crippen molar-refractivity contribution in [1.29, 1.82) is 0 Å². The summed E-state index contributed by atoms with van der Waals surface area (Å²) >= 11 is 0. The maximum Gasteiger partial charge on any atom is 0.344 e. The number of methoxy groups -OCH3 is 1. The molecule has 0 saturated carbocycles. The minimum Gasteiger partial charge on any atom is -0.497 e. The Morgan fingerprint density at radius 2 is 1.74 bits per heavy atom. The number of nitro benzene ring substituents is 1. The lowest BCUT2D eigenvalue weighted by Crippen LogP contribution is -2.31. The molecule has 142 valence electrons. The van der Waals surface area contributed by atoms with Crippen LogP contribution in [0.25, 0.3) is 0 Å². The van der Waals surface area contributed by atoms with Crippen LogP contribution in [-0.4, -0.2) is 36.6 Å². The number of nitro groups is 1. The Hall–Kier alpha value is -3.62. The molecule has 0 aliphatic rings. The summed E-state index contributed by atoms with van der Waals surface area (Å²) in [7, 11) is 1.53. The van der Waals surface area contributed by atoms with E-state index in [0.29, 0.717) is 11.5 Å². The Morgan fingerprint density at radius 3 is 2.37 bits per heavy atom. The second-order valence-corrected chi connectivity index (χ2v) is 5.36. The molecular weight excluding hydrogens is 356 g/mol. The smallest absolute Gasteiger partial charge is 0.344 e. The molecule has 0 bridgehead atoms. The predicted octanol–water partition coefficient (Wildman–Crippen LogP) is 2.55. The molecule has 0 heterocycles. The number of benzene rings is 2. The number of para-hydroxylation sites is 2. The van der Waals surface area contributed by atoms with Crippen molar-refractivity contribution in [3.63, 3.8) is 0 Å². The van der Waals surface area contributed by atoms with Crippen molar-refractivity contribution in [2.24, 2.45) is 0 Å². The molecule has 0 saturated heterocycles. The average molecular weight is 374 g/mol. The van der Waals surface area contributed by atoms with Gasteiger partial charge in [0.1, 0.15) is 17.2 Å². The zero-order chi connectivity index (χ0) is 19.8. The van der Waals surface area contributed by atoms with Gasteiger partial charge in [0.25, 0.3) is 11.6 Å². The Bertz CT molecular complexity index is 821. The van der Waals surface area contributed by atoms with Crippen LogP contribution in [0.1, 0.15) is 6.92 Å². The van der Waals surface area contributed by atoms with Crippen molar-refractivity contribution in [1.82, 2.24) is 0 Å². The third-order valence-corrected chi connectivity index (χ3v) is 3.45. The van der Waals surface area contributed by atoms with Crippen molar-refractivity contribution in [3.05, 3.63) is 58.6 Å². The Morgan fingerprint density at radius 1 is 1.11 bits per heavy atom. The van der Waals surface area contributed by atoms with E-state index in [1.165, 1.54) is 32.2 Å². The van der Waals surface area contributed by atoms with Gasteiger partial charge in [-0.2, -0.15) is 0 Å². The number of hydrogen-bond donors (Lipinski definition) is 1. The van der Waals surface area contributed by atoms with E-state index in [2.05, 4.69) is 5.32 Å². The fourth-order valence-corrected chi connectivity index (χ4v) is 2.07. The zero-order valence-corrected chi connectivity index (χ0v) is 14.7. The van der Waals surface area contributed by atoms with Crippen LogP contribution in [0, 0.1) is 10.1 Å². The maximum atomic E-state index is 12.1. The molecule has 0 spiro atoms. The van der Waals surface area contributed by atoms with Crippen molar-refractivity contribution in [3.8, 4) is 11.5 Å². The minimum atomic E-state index is -1.16. The van der Waals surface area contributed by atoms with Crippen molar-refractivity contribution >= 4 is 23.3 Å². The van der Waals surface area contributed by atoms with Gasteiger partial charge in [0.15, 0.2) is 12.7 Å². The van der Waals surface area contributed by atoms with Crippen LogP contribution in [0.3, 0.4) is 0 Å². The SMILES string of the molecule is COc1ccc(OCC(=O)O[C@H](C)C(=O)Nc2ccccc2[N+](=O)[O-])cc1. The van der Waals surface area contributed by atoms with Crippen LogP contribution in [-0.2, 0) is 14.3 Å². The van der Waals surface area contributed by atoms with E-state index in [1.54, 1.807) is 30.3 Å². The molecule has 1 amide bonds. The topological polar surface area (TPSA) is 117 Å². The number of carbonyl (C=O) groups is 2. The fourth-order valence-electron chi connectivity index (χ4n) is 2.07. The normalized spacial score (nSPS) is 11.2. The molecule has 0 aliphatic carbocycles. The predicted molar refractivity (Wildman–Crippen MR) is 95.8 cm³/mol.